The van der Waals surface area contributed by atoms with Crippen molar-refractivity contribution in [1.82, 2.24) is 4.90 Å². The molecule has 1 aliphatic rings. The quantitative estimate of drug-likeness (QED) is 0.812. The Morgan fingerprint density at radius 3 is 2.47 bits per heavy atom. The summed E-state index contributed by atoms with van der Waals surface area (Å²) in [7, 11) is 0. The number of hydrogen-bond donors (Lipinski definition) is 1. The molecule has 0 unspecified atom stereocenters. The van der Waals surface area contributed by atoms with Gasteiger partial charge in [0.25, 0.3) is 0 Å². The largest absolute Gasteiger partial charge is 0.328 e. The van der Waals surface area contributed by atoms with Gasteiger partial charge in [-0.05, 0) is 24.9 Å². The fraction of sp³-hybridized carbons (Fsp3) is 0.538. The SMILES string of the molecule is CCN(Cc1ccccc1)C1CC(N)C1. The van der Waals surface area contributed by atoms with Crippen LogP contribution in [0.15, 0.2) is 30.3 Å². The lowest BCUT2D eigenvalue weighted by Gasteiger charge is -2.41. The first-order chi connectivity index (χ1) is 7.29. The van der Waals surface area contributed by atoms with E-state index < -0.39 is 0 Å². The highest BCUT2D eigenvalue weighted by molar-refractivity contribution is 5.14. The molecular formula is C13H20N2. The molecule has 2 heteroatoms. The molecule has 0 atom stereocenters. The normalized spacial score (nSPS) is 25.3. The zero-order valence-electron chi connectivity index (χ0n) is 9.39. The van der Waals surface area contributed by atoms with Gasteiger partial charge in [-0.25, -0.2) is 0 Å². The van der Waals surface area contributed by atoms with Crippen molar-refractivity contribution in [2.24, 2.45) is 5.73 Å². The molecule has 0 bridgehead atoms. The van der Waals surface area contributed by atoms with Crippen LogP contribution in [0, 0.1) is 0 Å². The molecule has 1 fully saturated rings. The van der Waals surface area contributed by atoms with Gasteiger partial charge >= 0.3 is 0 Å². The van der Waals surface area contributed by atoms with E-state index in [1.165, 1.54) is 18.4 Å². The van der Waals surface area contributed by atoms with E-state index in [4.69, 9.17) is 5.73 Å². The highest BCUT2D eigenvalue weighted by atomic mass is 15.2. The molecule has 0 radical (unpaired) electrons. The van der Waals surface area contributed by atoms with Gasteiger partial charge in [-0.2, -0.15) is 0 Å². The topological polar surface area (TPSA) is 29.3 Å². The van der Waals surface area contributed by atoms with Crippen LogP contribution in [0.5, 0.6) is 0 Å². The lowest BCUT2D eigenvalue weighted by molar-refractivity contribution is 0.109. The van der Waals surface area contributed by atoms with Gasteiger partial charge in [0.15, 0.2) is 0 Å². The highest BCUT2D eigenvalue weighted by Crippen LogP contribution is 2.25. The standard InChI is InChI=1S/C13H20N2/c1-2-15(13-8-12(14)9-13)10-11-6-4-3-5-7-11/h3-7,12-13H,2,8-10,14H2,1H3. The molecule has 0 aromatic heterocycles. The average molecular weight is 204 g/mol. The second kappa shape index (κ2) is 4.77. The number of benzene rings is 1. The van der Waals surface area contributed by atoms with E-state index in [-0.39, 0.29) is 0 Å². The smallest absolute Gasteiger partial charge is 0.0236 e. The summed E-state index contributed by atoms with van der Waals surface area (Å²) in [5.74, 6) is 0. The summed E-state index contributed by atoms with van der Waals surface area (Å²) in [6, 6.07) is 11.8. The van der Waals surface area contributed by atoms with E-state index >= 15 is 0 Å². The van der Waals surface area contributed by atoms with Gasteiger partial charge < -0.3 is 5.73 Å². The van der Waals surface area contributed by atoms with Crippen LogP contribution in [-0.2, 0) is 6.54 Å². The summed E-state index contributed by atoms with van der Waals surface area (Å²) >= 11 is 0. The van der Waals surface area contributed by atoms with Crippen molar-refractivity contribution in [3.63, 3.8) is 0 Å². The summed E-state index contributed by atoms with van der Waals surface area (Å²) in [5, 5.41) is 0. The zero-order valence-corrected chi connectivity index (χ0v) is 9.39. The van der Waals surface area contributed by atoms with Crippen LogP contribution in [0.4, 0.5) is 0 Å². The molecule has 2 N–H and O–H groups in total. The summed E-state index contributed by atoms with van der Waals surface area (Å²) in [4.78, 5) is 2.53. The molecule has 0 spiro atoms. The molecule has 0 aliphatic heterocycles. The van der Waals surface area contributed by atoms with Crippen molar-refractivity contribution >= 4 is 0 Å². The number of nitrogens with zero attached hydrogens (tertiary/aromatic N) is 1. The van der Waals surface area contributed by atoms with Gasteiger partial charge in [-0.15, -0.1) is 0 Å². The Kier molecular flexibility index (Phi) is 3.39. The first kappa shape index (κ1) is 10.7. The first-order valence-electron chi connectivity index (χ1n) is 5.83. The molecule has 2 rings (SSSR count). The summed E-state index contributed by atoms with van der Waals surface area (Å²) in [5.41, 5.74) is 7.23. The molecule has 0 saturated heterocycles. The van der Waals surface area contributed by atoms with Gasteiger partial charge in [0.1, 0.15) is 0 Å². The number of hydrogen-bond acceptors (Lipinski definition) is 2. The fourth-order valence-electron chi connectivity index (χ4n) is 2.25. The predicted molar refractivity (Wildman–Crippen MR) is 63.5 cm³/mol. The predicted octanol–water partition coefficient (Wildman–Crippen LogP) is 2.00. The van der Waals surface area contributed by atoms with Crippen LogP contribution in [0.3, 0.4) is 0 Å². The Morgan fingerprint density at radius 1 is 1.27 bits per heavy atom. The number of nitrogens with two attached hydrogens (primary N) is 1. The van der Waals surface area contributed by atoms with E-state index in [2.05, 4.69) is 42.2 Å². The maximum absolute atomic E-state index is 5.83. The Labute approximate surface area is 92.1 Å². The van der Waals surface area contributed by atoms with Crippen LogP contribution in [0.2, 0.25) is 0 Å². The average Bonchev–Trinajstić information content (AvgIpc) is 2.23. The van der Waals surface area contributed by atoms with Gasteiger partial charge in [-0.1, -0.05) is 37.3 Å². The van der Waals surface area contributed by atoms with Gasteiger partial charge in [0, 0.05) is 18.6 Å². The van der Waals surface area contributed by atoms with E-state index in [1.54, 1.807) is 0 Å². The molecule has 82 valence electrons. The second-order valence-electron chi connectivity index (χ2n) is 4.43. The van der Waals surface area contributed by atoms with E-state index in [0.29, 0.717) is 12.1 Å². The van der Waals surface area contributed by atoms with Gasteiger partial charge in [0.05, 0.1) is 0 Å². The molecule has 0 amide bonds. The Hall–Kier alpha value is -0.860. The Balaban J connectivity index is 1.91. The minimum Gasteiger partial charge on any atom is -0.328 e. The van der Waals surface area contributed by atoms with Crippen molar-refractivity contribution in [1.29, 1.82) is 0 Å². The van der Waals surface area contributed by atoms with Crippen molar-refractivity contribution in [3.05, 3.63) is 35.9 Å². The van der Waals surface area contributed by atoms with Crippen LogP contribution < -0.4 is 5.73 Å². The molecule has 1 aliphatic carbocycles. The van der Waals surface area contributed by atoms with Crippen LogP contribution >= 0.6 is 0 Å². The second-order valence-corrected chi connectivity index (χ2v) is 4.43. The van der Waals surface area contributed by atoms with Gasteiger partial charge in [-0.3, -0.25) is 4.90 Å². The van der Waals surface area contributed by atoms with Crippen molar-refractivity contribution < 1.29 is 0 Å². The lowest BCUT2D eigenvalue weighted by atomic mass is 9.86. The summed E-state index contributed by atoms with van der Waals surface area (Å²) in [6.45, 7) is 4.41. The first-order valence-corrected chi connectivity index (χ1v) is 5.83. The van der Waals surface area contributed by atoms with E-state index in [1.807, 2.05) is 0 Å². The van der Waals surface area contributed by atoms with E-state index in [9.17, 15) is 0 Å². The summed E-state index contributed by atoms with van der Waals surface area (Å²) < 4.78 is 0. The van der Waals surface area contributed by atoms with Crippen molar-refractivity contribution in [2.45, 2.75) is 38.4 Å². The van der Waals surface area contributed by atoms with Crippen molar-refractivity contribution in [3.8, 4) is 0 Å². The fourth-order valence-corrected chi connectivity index (χ4v) is 2.25. The third kappa shape index (κ3) is 2.58. The Morgan fingerprint density at radius 2 is 1.93 bits per heavy atom. The molecule has 1 aromatic rings. The van der Waals surface area contributed by atoms with Crippen LogP contribution in [0.1, 0.15) is 25.3 Å². The highest BCUT2D eigenvalue weighted by Gasteiger charge is 2.30. The van der Waals surface area contributed by atoms with Crippen molar-refractivity contribution in [2.75, 3.05) is 6.54 Å². The lowest BCUT2D eigenvalue weighted by Crippen LogP contribution is -2.50. The van der Waals surface area contributed by atoms with Crippen LogP contribution in [0.25, 0.3) is 0 Å². The molecule has 0 heterocycles. The maximum atomic E-state index is 5.83. The minimum absolute atomic E-state index is 0.444. The third-order valence-electron chi connectivity index (χ3n) is 3.30. The molecule has 2 nitrogen and oxygen atoms in total. The summed E-state index contributed by atoms with van der Waals surface area (Å²) in [6.07, 6.45) is 2.33. The van der Waals surface area contributed by atoms with Gasteiger partial charge in [0.2, 0.25) is 0 Å². The minimum atomic E-state index is 0.444. The third-order valence-corrected chi connectivity index (χ3v) is 3.30. The molecule has 1 aromatic carbocycles. The molecular weight excluding hydrogens is 184 g/mol. The molecule has 1 saturated carbocycles. The van der Waals surface area contributed by atoms with Crippen LogP contribution in [-0.4, -0.2) is 23.5 Å². The Bertz CT molecular complexity index is 291. The maximum Gasteiger partial charge on any atom is 0.0236 e. The monoisotopic (exact) mass is 204 g/mol. The zero-order chi connectivity index (χ0) is 10.7. The number of rotatable bonds is 4. The van der Waals surface area contributed by atoms with E-state index in [0.717, 1.165) is 13.1 Å². The molecule has 15 heavy (non-hydrogen) atoms.